The van der Waals surface area contributed by atoms with E-state index in [-0.39, 0.29) is 18.1 Å². The zero-order chi connectivity index (χ0) is 13.5. The Morgan fingerprint density at radius 2 is 2.16 bits per heavy atom. The third-order valence-corrected chi connectivity index (χ3v) is 3.82. The van der Waals surface area contributed by atoms with Crippen molar-refractivity contribution in [1.82, 2.24) is 10.6 Å². The summed E-state index contributed by atoms with van der Waals surface area (Å²) in [6.07, 6.45) is 5.00. The maximum absolute atomic E-state index is 11.8. The van der Waals surface area contributed by atoms with Gasteiger partial charge in [-0.15, -0.1) is 0 Å². The molecule has 2 N–H and O–H groups in total. The number of carbonyl (C=O) groups excluding carboxylic acids is 1. The monoisotopic (exact) mass is 270 g/mol. The normalized spacial score (nSPS) is 29.1. The second kappa shape index (κ2) is 7.82. The molecule has 2 atom stereocenters. The molecule has 0 aromatic heterocycles. The lowest BCUT2D eigenvalue weighted by Crippen LogP contribution is -2.41. The van der Waals surface area contributed by atoms with Gasteiger partial charge in [0.1, 0.15) is 0 Å². The fourth-order valence-corrected chi connectivity index (χ4v) is 2.71. The minimum Gasteiger partial charge on any atom is -0.378 e. The van der Waals surface area contributed by atoms with E-state index in [9.17, 15) is 4.79 Å². The lowest BCUT2D eigenvalue weighted by atomic mass is 10.0. The zero-order valence-corrected chi connectivity index (χ0v) is 11.8. The van der Waals surface area contributed by atoms with Crippen molar-refractivity contribution in [2.24, 2.45) is 0 Å². The van der Waals surface area contributed by atoms with E-state index in [4.69, 9.17) is 9.47 Å². The van der Waals surface area contributed by atoms with Crippen LogP contribution in [0.15, 0.2) is 0 Å². The minimum absolute atomic E-state index is 0.105. The van der Waals surface area contributed by atoms with Gasteiger partial charge in [0.25, 0.3) is 0 Å². The summed E-state index contributed by atoms with van der Waals surface area (Å²) in [6, 6.07) is 0.273. The molecule has 2 unspecified atom stereocenters. The topological polar surface area (TPSA) is 59.6 Å². The van der Waals surface area contributed by atoms with E-state index in [1.54, 1.807) is 0 Å². The molecule has 2 aliphatic rings. The molecule has 2 saturated heterocycles. The average molecular weight is 270 g/mol. The van der Waals surface area contributed by atoms with E-state index < -0.39 is 0 Å². The molecule has 0 bridgehead atoms. The van der Waals surface area contributed by atoms with Gasteiger partial charge in [0, 0.05) is 19.1 Å². The van der Waals surface area contributed by atoms with Gasteiger partial charge in [0.15, 0.2) is 0 Å². The van der Waals surface area contributed by atoms with Crippen LogP contribution in [0.3, 0.4) is 0 Å². The molecule has 19 heavy (non-hydrogen) atoms. The number of ether oxygens (including phenoxy) is 2. The Morgan fingerprint density at radius 3 is 2.89 bits per heavy atom. The van der Waals surface area contributed by atoms with Gasteiger partial charge in [-0.3, -0.25) is 4.79 Å². The summed E-state index contributed by atoms with van der Waals surface area (Å²) in [5.74, 6) is 0.105. The van der Waals surface area contributed by atoms with Crippen molar-refractivity contribution >= 4 is 5.91 Å². The van der Waals surface area contributed by atoms with Crippen molar-refractivity contribution in [3.8, 4) is 0 Å². The summed E-state index contributed by atoms with van der Waals surface area (Å²) in [6.45, 7) is 5.39. The molecule has 0 spiro atoms. The van der Waals surface area contributed by atoms with Crippen LogP contribution in [0.25, 0.3) is 0 Å². The first-order valence-electron chi connectivity index (χ1n) is 7.47. The predicted octanol–water partition coefficient (Wildman–Crippen LogP) is 0.829. The molecule has 0 aromatic carbocycles. The third kappa shape index (κ3) is 5.47. The van der Waals surface area contributed by atoms with E-state index in [2.05, 4.69) is 17.6 Å². The van der Waals surface area contributed by atoms with Crippen molar-refractivity contribution in [3.05, 3.63) is 0 Å². The van der Waals surface area contributed by atoms with Crippen molar-refractivity contribution < 1.29 is 14.3 Å². The molecule has 2 fully saturated rings. The lowest BCUT2D eigenvalue weighted by Gasteiger charge is -2.28. The Morgan fingerprint density at radius 1 is 1.37 bits per heavy atom. The molecular formula is C14H26N2O3. The summed E-state index contributed by atoms with van der Waals surface area (Å²) >= 11 is 0. The largest absolute Gasteiger partial charge is 0.378 e. The maximum Gasteiger partial charge on any atom is 0.222 e. The fourth-order valence-electron chi connectivity index (χ4n) is 2.71. The van der Waals surface area contributed by atoms with Crippen LogP contribution in [0.4, 0.5) is 0 Å². The smallest absolute Gasteiger partial charge is 0.222 e. The molecule has 1 amide bonds. The minimum atomic E-state index is 0.105. The first kappa shape index (κ1) is 14.8. The van der Waals surface area contributed by atoms with Crippen molar-refractivity contribution in [1.29, 1.82) is 0 Å². The number of rotatable bonds is 5. The second-order valence-corrected chi connectivity index (χ2v) is 5.54. The van der Waals surface area contributed by atoms with Crippen LogP contribution in [-0.2, 0) is 14.3 Å². The maximum atomic E-state index is 11.8. The standard InChI is InChI=1S/C14H26N2O3/c1-11-10-12(4-8-18-11)16-14(17)5-9-19-13-2-6-15-7-3-13/h11-13,15H,2-10H2,1H3,(H,16,17). The van der Waals surface area contributed by atoms with Crippen LogP contribution in [0.5, 0.6) is 0 Å². The first-order valence-corrected chi connectivity index (χ1v) is 7.47. The molecule has 5 nitrogen and oxygen atoms in total. The quantitative estimate of drug-likeness (QED) is 0.777. The Labute approximate surface area is 115 Å². The van der Waals surface area contributed by atoms with E-state index >= 15 is 0 Å². The van der Waals surface area contributed by atoms with Crippen LogP contribution >= 0.6 is 0 Å². The molecule has 0 radical (unpaired) electrons. The van der Waals surface area contributed by atoms with Crippen LogP contribution in [0, 0.1) is 0 Å². The zero-order valence-electron chi connectivity index (χ0n) is 11.8. The van der Waals surface area contributed by atoms with Crippen molar-refractivity contribution in [2.75, 3.05) is 26.3 Å². The molecule has 0 saturated carbocycles. The van der Waals surface area contributed by atoms with Crippen LogP contribution < -0.4 is 10.6 Å². The molecular weight excluding hydrogens is 244 g/mol. The van der Waals surface area contributed by atoms with Gasteiger partial charge >= 0.3 is 0 Å². The number of carbonyl (C=O) groups is 1. The van der Waals surface area contributed by atoms with Crippen LogP contribution in [-0.4, -0.2) is 50.5 Å². The van der Waals surface area contributed by atoms with Gasteiger partial charge in [0.2, 0.25) is 5.91 Å². The van der Waals surface area contributed by atoms with E-state index in [0.29, 0.717) is 19.1 Å². The molecule has 110 valence electrons. The van der Waals surface area contributed by atoms with Gasteiger partial charge in [-0.2, -0.15) is 0 Å². The van der Waals surface area contributed by atoms with Gasteiger partial charge in [0.05, 0.1) is 18.8 Å². The number of hydrogen-bond acceptors (Lipinski definition) is 4. The van der Waals surface area contributed by atoms with Gasteiger partial charge in [-0.05, 0) is 45.7 Å². The SMILES string of the molecule is CC1CC(NC(=O)CCOC2CCNCC2)CCO1. The summed E-state index contributed by atoms with van der Waals surface area (Å²) in [7, 11) is 0. The van der Waals surface area contributed by atoms with Gasteiger partial charge in [-0.1, -0.05) is 0 Å². The summed E-state index contributed by atoms with van der Waals surface area (Å²) < 4.78 is 11.2. The van der Waals surface area contributed by atoms with Crippen molar-refractivity contribution in [2.45, 2.75) is 57.3 Å². The molecule has 2 rings (SSSR count). The fraction of sp³-hybridized carbons (Fsp3) is 0.929. The molecule has 0 aliphatic carbocycles. The van der Waals surface area contributed by atoms with E-state index in [0.717, 1.165) is 45.4 Å². The molecule has 0 aromatic rings. The number of hydrogen-bond donors (Lipinski definition) is 2. The highest BCUT2D eigenvalue weighted by molar-refractivity contribution is 5.76. The van der Waals surface area contributed by atoms with Crippen molar-refractivity contribution in [3.63, 3.8) is 0 Å². The number of piperidine rings is 1. The van der Waals surface area contributed by atoms with Gasteiger partial charge < -0.3 is 20.1 Å². The van der Waals surface area contributed by atoms with Gasteiger partial charge in [-0.25, -0.2) is 0 Å². The van der Waals surface area contributed by atoms with Crippen LogP contribution in [0.1, 0.15) is 39.0 Å². The molecule has 2 aliphatic heterocycles. The highest BCUT2D eigenvalue weighted by Crippen LogP contribution is 2.13. The Hall–Kier alpha value is -0.650. The average Bonchev–Trinajstić information content (AvgIpc) is 2.40. The molecule has 2 heterocycles. The predicted molar refractivity (Wildman–Crippen MR) is 73.0 cm³/mol. The number of nitrogens with one attached hydrogen (secondary N) is 2. The second-order valence-electron chi connectivity index (χ2n) is 5.54. The third-order valence-electron chi connectivity index (χ3n) is 3.82. The highest BCUT2D eigenvalue weighted by atomic mass is 16.5. The Bertz CT molecular complexity index is 280. The molecule has 5 heteroatoms. The summed E-state index contributed by atoms with van der Waals surface area (Å²) in [5, 5.41) is 6.38. The highest BCUT2D eigenvalue weighted by Gasteiger charge is 2.21. The Balaban J connectivity index is 1.56. The summed E-state index contributed by atoms with van der Waals surface area (Å²) in [5.41, 5.74) is 0. The van der Waals surface area contributed by atoms with E-state index in [1.165, 1.54) is 0 Å². The lowest BCUT2D eigenvalue weighted by molar-refractivity contribution is -0.124. The van der Waals surface area contributed by atoms with E-state index in [1.807, 2.05) is 0 Å². The van der Waals surface area contributed by atoms with Crippen LogP contribution in [0.2, 0.25) is 0 Å². The Kier molecular flexibility index (Phi) is 6.07. The number of amides is 1. The first-order chi connectivity index (χ1) is 9.24. The summed E-state index contributed by atoms with van der Waals surface area (Å²) in [4.78, 5) is 11.8.